The maximum atomic E-state index is 12.6. The molecule has 3 rings (SSSR count). The molecule has 134 valence electrons. The normalized spacial score (nSPS) is 18.4. The molecule has 1 saturated carbocycles. The quantitative estimate of drug-likeness (QED) is 0.794. The Kier molecular flexibility index (Phi) is 4.87. The van der Waals surface area contributed by atoms with Crippen LogP contribution in [0.1, 0.15) is 62.6 Å². The number of rotatable bonds is 2. The van der Waals surface area contributed by atoms with Gasteiger partial charge in [-0.3, -0.25) is 9.20 Å². The Bertz CT molecular complexity index is 822. The van der Waals surface area contributed by atoms with Crippen LogP contribution in [0.2, 0.25) is 5.02 Å². The summed E-state index contributed by atoms with van der Waals surface area (Å²) in [5.74, 6) is 0.461. The van der Waals surface area contributed by atoms with Crippen LogP contribution in [0.4, 0.5) is 0 Å². The Labute approximate surface area is 153 Å². The molecule has 0 aliphatic heterocycles. The van der Waals surface area contributed by atoms with Crippen LogP contribution in [0.15, 0.2) is 23.4 Å². The van der Waals surface area contributed by atoms with Crippen LogP contribution in [0.3, 0.4) is 0 Å². The molecule has 0 radical (unpaired) electrons. The number of aromatic nitrogens is 2. The minimum absolute atomic E-state index is 0.252. The van der Waals surface area contributed by atoms with Crippen molar-refractivity contribution in [2.75, 3.05) is 0 Å². The lowest BCUT2D eigenvalue weighted by molar-refractivity contribution is 0.0947. The van der Waals surface area contributed by atoms with E-state index in [9.17, 15) is 4.79 Å². The average molecular weight is 361 g/mol. The Morgan fingerprint density at radius 2 is 2.00 bits per heavy atom. The zero-order valence-electron chi connectivity index (χ0n) is 15.3. The minimum Gasteiger partial charge on any atom is -0.294 e. The monoisotopic (exact) mass is 360 g/mol. The maximum Gasteiger partial charge on any atom is 0.290 e. The van der Waals surface area contributed by atoms with Crippen molar-refractivity contribution in [3.63, 3.8) is 0 Å². The summed E-state index contributed by atoms with van der Waals surface area (Å²) in [5, 5.41) is 4.93. The molecule has 0 saturated heterocycles. The number of halogens is 1. The molecular weight excluding hydrogens is 336 g/mol. The van der Waals surface area contributed by atoms with E-state index in [0.29, 0.717) is 33.4 Å². The lowest BCUT2D eigenvalue weighted by Crippen LogP contribution is -2.28. The van der Waals surface area contributed by atoms with E-state index >= 15 is 0 Å². The number of aryl methyl sites for hydroxylation is 1. The molecule has 0 aromatic carbocycles. The van der Waals surface area contributed by atoms with Crippen molar-refractivity contribution in [1.82, 2.24) is 14.8 Å². The van der Waals surface area contributed by atoms with E-state index in [4.69, 9.17) is 11.6 Å². The summed E-state index contributed by atoms with van der Waals surface area (Å²) >= 11 is 6.05. The first-order chi connectivity index (χ1) is 11.8. The van der Waals surface area contributed by atoms with Gasteiger partial charge in [0.1, 0.15) is 11.3 Å². The van der Waals surface area contributed by atoms with Gasteiger partial charge in [0.05, 0.1) is 10.7 Å². The van der Waals surface area contributed by atoms with Crippen molar-refractivity contribution >= 4 is 28.9 Å². The van der Waals surface area contributed by atoms with Gasteiger partial charge in [0.25, 0.3) is 5.91 Å². The van der Waals surface area contributed by atoms with E-state index in [2.05, 4.69) is 36.3 Å². The van der Waals surface area contributed by atoms with Crippen LogP contribution in [-0.2, 0) is 0 Å². The molecule has 1 fully saturated rings. The van der Waals surface area contributed by atoms with Gasteiger partial charge in [-0.05, 0) is 56.1 Å². The van der Waals surface area contributed by atoms with Crippen molar-refractivity contribution in [3.8, 4) is 0 Å². The number of imidazole rings is 1. The molecule has 1 aliphatic carbocycles. The van der Waals surface area contributed by atoms with Gasteiger partial charge in [0.15, 0.2) is 0 Å². The minimum atomic E-state index is -0.252. The second-order valence-electron chi connectivity index (χ2n) is 7.88. The Morgan fingerprint density at radius 1 is 1.32 bits per heavy atom. The fraction of sp³-hybridized carbons (Fsp3) is 0.526. The zero-order valence-corrected chi connectivity index (χ0v) is 16.0. The van der Waals surface area contributed by atoms with E-state index in [1.165, 1.54) is 0 Å². The second kappa shape index (κ2) is 6.79. The van der Waals surface area contributed by atoms with Gasteiger partial charge >= 0.3 is 0 Å². The molecule has 1 amide bonds. The Morgan fingerprint density at radius 3 is 2.64 bits per heavy atom. The van der Waals surface area contributed by atoms with Gasteiger partial charge in [-0.15, -0.1) is 0 Å². The van der Waals surface area contributed by atoms with E-state index in [0.717, 1.165) is 31.4 Å². The van der Waals surface area contributed by atoms with Gasteiger partial charge in [0, 0.05) is 11.9 Å². The number of pyridine rings is 1. The highest BCUT2D eigenvalue weighted by molar-refractivity contribution is 6.30. The number of nitrogens with one attached hydrogen (secondary N) is 1. The van der Waals surface area contributed by atoms with E-state index in [1.54, 1.807) is 22.7 Å². The van der Waals surface area contributed by atoms with Crippen molar-refractivity contribution in [1.29, 1.82) is 0 Å². The third-order valence-electron chi connectivity index (χ3n) is 5.07. The van der Waals surface area contributed by atoms with Crippen molar-refractivity contribution in [3.05, 3.63) is 34.7 Å². The number of amides is 1. The van der Waals surface area contributed by atoms with Crippen LogP contribution in [0.5, 0.6) is 0 Å². The van der Waals surface area contributed by atoms with Gasteiger partial charge < -0.3 is 0 Å². The first kappa shape index (κ1) is 17.9. The third kappa shape index (κ3) is 3.87. The van der Waals surface area contributed by atoms with E-state index in [-0.39, 0.29) is 5.91 Å². The highest BCUT2D eigenvalue weighted by Gasteiger charge is 2.28. The standard InChI is InChI=1S/C19H25ClN4O/c1-12-17(24-11-14(20)7-10-16(24)21-12)18(25)23-22-15-8-5-13(6-9-15)19(2,3)4/h7,10-11,13H,5-6,8-9H2,1-4H3,(H,23,25). The zero-order chi connectivity index (χ0) is 18.2. The van der Waals surface area contributed by atoms with Crippen LogP contribution < -0.4 is 5.43 Å². The molecule has 0 atom stereocenters. The molecule has 0 bridgehead atoms. The van der Waals surface area contributed by atoms with Crippen LogP contribution >= 0.6 is 11.6 Å². The summed E-state index contributed by atoms with van der Waals surface area (Å²) in [6.45, 7) is 8.69. The molecule has 2 aromatic rings. The Balaban J connectivity index is 1.72. The topological polar surface area (TPSA) is 58.8 Å². The number of carbonyl (C=O) groups is 1. The third-order valence-corrected chi connectivity index (χ3v) is 5.30. The molecular formula is C19H25ClN4O. The highest BCUT2D eigenvalue weighted by Crippen LogP contribution is 2.36. The second-order valence-corrected chi connectivity index (χ2v) is 8.32. The largest absolute Gasteiger partial charge is 0.294 e. The number of hydrogen-bond donors (Lipinski definition) is 1. The number of fused-ring (bicyclic) bond motifs is 1. The number of carbonyl (C=O) groups excluding carboxylic acids is 1. The van der Waals surface area contributed by atoms with Crippen LogP contribution in [0, 0.1) is 18.3 Å². The predicted octanol–water partition coefficient (Wildman–Crippen LogP) is 4.62. The molecule has 2 heterocycles. The van der Waals surface area contributed by atoms with Gasteiger partial charge in [0.2, 0.25) is 0 Å². The summed E-state index contributed by atoms with van der Waals surface area (Å²) in [4.78, 5) is 17.0. The first-order valence-corrected chi connectivity index (χ1v) is 9.13. The van der Waals surface area contributed by atoms with Gasteiger partial charge in [-0.2, -0.15) is 5.10 Å². The molecule has 6 heteroatoms. The molecule has 25 heavy (non-hydrogen) atoms. The van der Waals surface area contributed by atoms with Crippen LogP contribution in [-0.4, -0.2) is 21.0 Å². The fourth-order valence-electron chi connectivity index (χ4n) is 3.52. The maximum absolute atomic E-state index is 12.6. The van der Waals surface area contributed by atoms with Crippen molar-refractivity contribution < 1.29 is 4.79 Å². The lowest BCUT2D eigenvalue weighted by atomic mass is 9.72. The predicted molar refractivity (Wildman–Crippen MR) is 101 cm³/mol. The smallest absolute Gasteiger partial charge is 0.290 e. The SMILES string of the molecule is Cc1nc2ccc(Cl)cn2c1C(=O)NN=C1CCC(C(C)(C)C)CC1. The average Bonchev–Trinajstić information content (AvgIpc) is 2.87. The number of hydrogen-bond acceptors (Lipinski definition) is 3. The molecule has 0 unspecified atom stereocenters. The van der Waals surface area contributed by atoms with Gasteiger partial charge in [-0.25, -0.2) is 10.4 Å². The van der Waals surface area contributed by atoms with Crippen LogP contribution in [0.25, 0.3) is 5.65 Å². The summed E-state index contributed by atoms with van der Waals surface area (Å²) in [6, 6.07) is 3.56. The van der Waals surface area contributed by atoms with Crippen molar-refractivity contribution in [2.45, 2.75) is 53.4 Å². The molecule has 1 aliphatic rings. The van der Waals surface area contributed by atoms with Gasteiger partial charge in [-0.1, -0.05) is 32.4 Å². The first-order valence-electron chi connectivity index (χ1n) is 8.75. The fourth-order valence-corrected chi connectivity index (χ4v) is 3.68. The lowest BCUT2D eigenvalue weighted by Gasteiger charge is -2.34. The number of hydrazone groups is 1. The molecule has 1 N–H and O–H groups in total. The van der Waals surface area contributed by atoms with Crippen molar-refractivity contribution in [2.24, 2.45) is 16.4 Å². The summed E-state index contributed by atoms with van der Waals surface area (Å²) < 4.78 is 1.71. The summed E-state index contributed by atoms with van der Waals surface area (Å²) in [5.41, 5.74) is 5.95. The molecule has 5 nitrogen and oxygen atoms in total. The number of nitrogens with zero attached hydrogens (tertiary/aromatic N) is 3. The Hall–Kier alpha value is -1.88. The summed E-state index contributed by atoms with van der Waals surface area (Å²) in [6.07, 6.45) is 5.85. The summed E-state index contributed by atoms with van der Waals surface area (Å²) in [7, 11) is 0. The van der Waals surface area contributed by atoms with E-state index < -0.39 is 0 Å². The highest BCUT2D eigenvalue weighted by atomic mass is 35.5. The molecule has 0 spiro atoms. The van der Waals surface area contributed by atoms with E-state index in [1.807, 2.05) is 6.92 Å². The molecule has 2 aromatic heterocycles.